The second kappa shape index (κ2) is 9.81. The van der Waals surface area contributed by atoms with Gasteiger partial charge in [-0.3, -0.25) is 9.59 Å². The topological polar surface area (TPSA) is 86.7 Å². The molecule has 1 unspecified atom stereocenters. The molecule has 2 N–H and O–H groups in total. The maximum Gasteiger partial charge on any atom is 0.326 e. The fraction of sp³-hybridized carbons (Fsp3) is 0.526. The number of carbonyl (C=O) groups is 3. The zero-order valence-corrected chi connectivity index (χ0v) is 15.4. The minimum absolute atomic E-state index is 0.179. The first kappa shape index (κ1) is 20.7. The molecule has 0 aliphatic rings. The molecule has 0 fully saturated rings. The predicted molar refractivity (Wildman–Crippen MR) is 96.3 cm³/mol. The van der Waals surface area contributed by atoms with E-state index in [0.29, 0.717) is 12.3 Å². The van der Waals surface area contributed by atoms with Crippen molar-refractivity contribution in [2.75, 3.05) is 13.1 Å². The van der Waals surface area contributed by atoms with Gasteiger partial charge in [-0.2, -0.15) is 0 Å². The van der Waals surface area contributed by atoms with Crippen LogP contribution in [0.4, 0.5) is 0 Å². The van der Waals surface area contributed by atoms with Gasteiger partial charge in [-0.15, -0.1) is 0 Å². The third-order valence-electron chi connectivity index (χ3n) is 4.15. The molecular weight excluding hydrogens is 320 g/mol. The van der Waals surface area contributed by atoms with Crippen molar-refractivity contribution < 1.29 is 19.5 Å². The van der Waals surface area contributed by atoms with Gasteiger partial charge in [-0.25, -0.2) is 4.79 Å². The molecular formula is C19H28N2O4. The van der Waals surface area contributed by atoms with E-state index in [-0.39, 0.29) is 31.3 Å². The van der Waals surface area contributed by atoms with Crippen LogP contribution < -0.4 is 5.32 Å². The van der Waals surface area contributed by atoms with E-state index in [1.54, 1.807) is 0 Å². The Morgan fingerprint density at radius 2 is 1.72 bits per heavy atom. The van der Waals surface area contributed by atoms with Gasteiger partial charge in [0.05, 0.1) is 0 Å². The van der Waals surface area contributed by atoms with Crippen LogP contribution in [0.15, 0.2) is 24.3 Å². The number of carbonyl (C=O) groups excluding carboxylic acids is 2. The third-order valence-corrected chi connectivity index (χ3v) is 4.15. The second-order valence-electron chi connectivity index (χ2n) is 6.48. The van der Waals surface area contributed by atoms with Crippen LogP contribution in [-0.2, 0) is 20.8 Å². The molecule has 1 aromatic rings. The summed E-state index contributed by atoms with van der Waals surface area (Å²) in [5.74, 6) is -1.04. The Hall–Kier alpha value is -2.37. The lowest BCUT2D eigenvalue weighted by atomic mass is 10.00. The number of nitrogens with one attached hydrogen (secondary N) is 1. The summed E-state index contributed by atoms with van der Waals surface area (Å²) >= 11 is 0. The van der Waals surface area contributed by atoms with Crippen LogP contribution in [0.25, 0.3) is 0 Å². The molecule has 0 saturated carbocycles. The number of carboxylic acid groups (broad SMARTS) is 1. The van der Waals surface area contributed by atoms with E-state index < -0.39 is 12.0 Å². The molecule has 0 saturated heterocycles. The summed E-state index contributed by atoms with van der Waals surface area (Å²) < 4.78 is 0. The Kier molecular flexibility index (Phi) is 8.11. The molecule has 138 valence electrons. The van der Waals surface area contributed by atoms with Crippen molar-refractivity contribution in [2.24, 2.45) is 0 Å². The smallest absolute Gasteiger partial charge is 0.326 e. The van der Waals surface area contributed by atoms with Gasteiger partial charge in [-0.1, -0.05) is 38.1 Å². The van der Waals surface area contributed by atoms with Crippen molar-refractivity contribution in [1.82, 2.24) is 10.2 Å². The highest BCUT2D eigenvalue weighted by molar-refractivity contribution is 5.83. The van der Waals surface area contributed by atoms with E-state index in [4.69, 9.17) is 0 Å². The molecule has 1 atom stereocenters. The van der Waals surface area contributed by atoms with E-state index in [0.717, 1.165) is 5.56 Å². The molecule has 1 rings (SSSR count). The first-order chi connectivity index (χ1) is 11.7. The normalized spacial score (nSPS) is 11.9. The molecule has 0 heterocycles. The van der Waals surface area contributed by atoms with Gasteiger partial charge in [0.1, 0.15) is 6.04 Å². The largest absolute Gasteiger partial charge is 0.480 e. The zero-order chi connectivity index (χ0) is 19.0. The molecule has 0 spiro atoms. The number of carboxylic acids is 1. The summed E-state index contributed by atoms with van der Waals surface area (Å²) in [6, 6.07) is 7.19. The van der Waals surface area contributed by atoms with E-state index in [2.05, 4.69) is 31.3 Å². The zero-order valence-electron chi connectivity index (χ0n) is 15.4. The lowest BCUT2D eigenvalue weighted by Crippen LogP contribution is -2.46. The van der Waals surface area contributed by atoms with Crippen molar-refractivity contribution in [3.63, 3.8) is 0 Å². The van der Waals surface area contributed by atoms with Crippen LogP contribution in [0.2, 0.25) is 0 Å². The summed E-state index contributed by atoms with van der Waals surface area (Å²) in [5.41, 5.74) is 2.29. The first-order valence-corrected chi connectivity index (χ1v) is 8.58. The number of hydrogen-bond donors (Lipinski definition) is 2. The predicted octanol–water partition coefficient (Wildman–Crippen LogP) is 2.18. The summed E-state index contributed by atoms with van der Waals surface area (Å²) in [7, 11) is 0. The average molecular weight is 348 g/mol. The average Bonchev–Trinajstić information content (AvgIpc) is 2.56. The number of amides is 2. The minimum Gasteiger partial charge on any atom is -0.480 e. The highest BCUT2D eigenvalue weighted by Gasteiger charge is 2.24. The van der Waals surface area contributed by atoms with Crippen LogP contribution >= 0.6 is 0 Å². The van der Waals surface area contributed by atoms with Crippen molar-refractivity contribution in [2.45, 2.75) is 52.5 Å². The third kappa shape index (κ3) is 6.95. The van der Waals surface area contributed by atoms with Gasteiger partial charge in [0.2, 0.25) is 11.8 Å². The van der Waals surface area contributed by atoms with Crippen LogP contribution in [0.1, 0.15) is 51.2 Å². The molecule has 0 aliphatic carbocycles. The molecule has 6 heteroatoms. The molecule has 1 aromatic carbocycles. The quantitative estimate of drug-likeness (QED) is 0.716. The van der Waals surface area contributed by atoms with Crippen LogP contribution in [0.3, 0.4) is 0 Å². The molecule has 6 nitrogen and oxygen atoms in total. The maximum absolute atomic E-state index is 12.5. The SMILES string of the molecule is CC(=O)NCCN(C(=O)CCc1ccc(C(C)C)cc1)C(C)C(=O)O. The lowest BCUT2D eigenvalue weighted by molar-refractivity contribution is -0.149. The summed E-state index contributed by atoms with van der Waals surface area (Å²) in [6.07, 6.45) is 0.791. The van der Waals surface area contributed by atoms with Crippen LogP contribution in [0, 0.1) is 0 Å². The van der Waals surface area contributed by atoms with E-state index in [1.165, 1.54) is 24.3 Å². The van der Waals surface area contributed by atoms with E-state index in [9.17, 15) is 19.5 Å². The molecule has 0 aromatic heterocycles. The van der Waals surface area contributed by atoms with E-state index >= 15 is 0 Å². The van der Waals surface area contributed by atoms with Crippen molar-refractivity contribution in [1.29, 1.82) is 0 Å². The van der Waals surface area contributed by atoms with E-state index in [1.807, 2.05) is 12.1 Å². The van der Waals surface area contributed by atoms with Gasteiger partial charge in [0.15, 0.2) is 0 Å². The maximum atomic E-state index is 12.5. The van der Waals surface area contributed by atoms with Crippen LogP contribution in [0.5, 0.6) is 0 Å². The van der Waals surface area contributed by atoms with Crippen molar-refractivity contribution in [3.05, 3.63) is 35.4 Å². The number of aliphatic carboxylic acids is 1. The Morgan fingerprint density at radius 3 is 2.20 bits per heavy atom. The number of nitrogens with zero attached hydrogens (tertiary/aromatic N) is 1. The molecule has 0 bridgehead atoms. The van der Waals surface area contributed by atoms with Gasteiger partial charge < -0.3 is 15.3 Å². The van der Waals surface area contributed by atoms with Crippen LogP contribution in [-0.4, -0.2) is 46.9 Å². The van der Waals surface area contributed by atoms with Crippen molar-refractivity contribution in [3.8, 4) is 0 Å². The fourth-order valence-electron chi connectivity index (χ4n) is 2.48. The molecule has 0 radical (unpaired) electrons. The number of aryl methyl sites for hydroxylation is 1. The lowest BCUT2D eigenvalue weighted by Gasteiger charge is -2.26. The van der Waals surface area contributed by atoms with Gasteiger partial charge in [0, 0.05) is 26.4 Å². The molecule has 0 aliphatic heterocycles. The number of benzene rings is 1. The Morgan fingerprint density at radius 1 is 1.12 bits per heavy atom. The van der Waals surface area contributed by atoms with Crippen molar-refractivity contribution >= 4 is 17.8 Å². The highest BCUT2D eigenvalue weighted by atomic mass is 16.4. The Balaban J connectivity index is 2.66. The van der Waals surface area contributed by atoms with Gasteiger partial charge in [-0.05, 0) is 30.4 Å². The standard InChI is InChI=1S/C19H28N2O4/c1-13(2)17-8-5-16(6-9-17)7-10-18(23)21(14(3)19(24)25)12-11-20-15(4)22/h5-6,8-9,13-14H,7,10-12H2,1-4H3,(H,20,22)(H,24,25). The molecule has 2 amide bonds. The number of rotatable bonds is 9. The van der Waals surface area contributed by atoms with Gasteiger partial charge in [0.25, 0.3) is 0 Å². The highest BCUT2D eigenvalue weighted by Crippen LogP contribution is 2.16. The minimum atomic E-state index is -1.06. The first-order valence-electron chi connectivity index (χ1n) is 8.58. The summed E-state index contributed by atoms with van der Waals surface area (Å²) in [5, 5.41) is 11.8. The van der Waals surface area contributed by atoms with Gasteiger partial charge >= 0.3 is 5.97 Å². The summed E-state index contributed by atoms with van der Waals surface area (Å²) in [6.45, 7) is 7.52. The number of hydrogen-bond acceptors (Lipinski definition) is 3. The monoisotopic (exact) mass is 348 g/mol. The molecule has 25 heavy (non-hydrogen) atoms. The summed E-state index contributed by atoms with van der Waals surface area (Å²) in [4.78, 5) is 36.0. The fourth-order valence-corrected chi connectivity index (χ4v) is 2.48. The Bertz CT molecular complexity index is 596. The Labute approximate surface area is 149 Å². The second-order valence-corrected chi connectivity index (χ2v) is 6.48.